The quantitative estimate of drug-likeness (QED) is 0.388. The summed E-state index contributed by atoms with van der Waals surface area (Å²) in [5.74, 6) is -1.27. The number of nitrogens with zero attached hydrogens (tertiary/aromatic N) is 3. The van der Waals surface area contributed by atoms with E-state index < -0.39 is 17.8 Å². The summed E-state index contributed by atoms with van der Waals surface area (Å²) in [7, 11) is 0. The molecular weight excluding hydrogens is 400 g/mol. The normalized spacial score (nSPS) is 19.2. The highest BCUT2D eigenvalue weighted by Crippen LogP contribution is 2.23. The van der Waals surface area contributed by atoms with Crippen LogP contribution in [0.4, 0.5) is 0 Å². The maximum absolute atomic E-state index is 12.4. The van der Waals surface area contributed by atoms with Crippen molar-refractivity contribution in [3.63, 3.8) is 0 Å². The lowest BCUT2D eigenvalue weighted by Crippen LogP contribution is -2.41. The van der Waals surface area contributed by atoms with E-state index in [-0.39, 0.29) is 12.4 Å². The van der Waals surface area contributed by atoms with E-state index in [9.17, 15) is 4.79 Å². The number of ether oxygens (including phenoxy) is 1. The number of aliphatic imine (C=N–C) groups is 2. The molecule has 3 rings (SSSR count). The van der Waals surface area contributed by atoms with Crippen LogP contribution >= 0.6 is 11.8 Å². The van der Waals surface area contributed by atoms with E-state index in [0.29, 0.717) is 30.6 Å². The predicted octanol–water partition coefficient (Wildman–Crippen LogP) is 2.22. The summed E-state index contributed by atoms with van der Waals surface area (Å²) in [6.07, 6.45) is 2.52. The molecule has 0 bridgehead atoms. The first kappa shape index (κ1) is 22.2. The molecule has 1 aromatic rings. The fourth-order valence-electron chi connectivity index (χ4n) is 3.16. The minimum absolute atomic E-state index is 0.234. The fraction of sp³-hybridized carbons (Fsp3) is 0.476. The van der Waals surface area contributed by atoms with Gasteiger partial charge < -0.3 is 15.0 Å². The average Bonchev–Trinajstić information content (AvgIpc) is 3.03. The highest BCUT2D eigenvalue weighted by Gasteiger charge is 2.26. The molecular formula is C21H28N6O2S. The second-order valence-corrected chi connectivity index (χ2v) is 9.06. The standard InChI is InChI=1S/C21H28N6O2S/c1-14(2)30-16-6-4-15(5-7-16)17-12-25-13-18(26-17)19(22)29-20(23)21(28)27-10-3-8-24-9-11-27/h4-7,12,14,18,22-24H,3,8-11,13H2,1-2H3. The van der Waals surface area contributed by atoms with Crippen molar-refractivity contribution in [2.24, 2.45) is 9.98 Å². The Morgan fingerprint density at radius 1 is 1.23 bits per heavy atom. The number of rotatable bonds is 4. The molecule has 1 amide bonds. The van der Waals surface area contributed by atoms with Crippen LogP contribution < -0.4 is 5.32 Å². The lowest BCUT2D eigenvalue weighted by Gasteiger charge is -2.21. The monoisotopic (exact) mass is 428 g/mol. The van der Waals surface area contributed by atoms with E-state index in [4.69, 9.17) is 15.6 Å². The second kappa shape index (κ2) is 10.5. The van der Waals surface area contributed by atoms with Crippen LogP contribution in [-0.2, 0) is 9.53 Å². The van der Waals surface area contributed by atoms with Gasteiger partial charge >= 0.3 is 5.91 Å². The maximum Gasteiger partial charge on any atom is 0.309 e. The molecule has 1 fully saturated rings. The lowest BCUT2D eigenvalue weighted by molar-refractivity contribution is -0.125. The van der Waals surface area contributed by atoms with E-state index in [1.54, 1.807) is 22.9 Å². The third-order valence-electron chi connectivity index (χ3n) is 4.64. The Kier molecular flexibility index (Phi) is 7.75. The molecule has 0 saturated carbocycles. The molecule has 2 aliphatic rings. The summed E-state index contributed by atoms with van der Waals surface area (Å²) in [6.45, 7) is 7.21. The molecule has 3 N–H and O–H groups in total. The van der Waals surface area contributed by atoms with Crippen LogP contribution in [0, 0.1) is 10.8 Å². The Morgan fingerprint density at radius 2 is 2.00 bits per heavy atom. The van der Waals surface area contributed by atoms with Crippen molar-refractivity contribution in [2.45, 2.75) is 36.5 Å². The maximum atomic E-state index is 12.4. The summed E-state index contributed by atoms with van der Waals surface area (Å²) < 4.78 is 5.26. The van der Waals surface area contributed by atoms with Gasteiger partial charge in [0.1, 0.15) is 6.04 Å². The molecule has 1 atom stereocenters. The van der Waals surface area contributed by atoms with E-state index in [1.807, 2.05) is 24.3 Å². The van der Waals surface area contributed by atoms with Gasteiger partial charge in [-0.25, -0.2) is 0 Å². The van der Waals surface area contributed by atoms with Gasteiger partial charge in [0.15, 0.2) is 0 Å². The number of thioether (sulfide) groups is 1. The summed E-state index contributed by atoms with van der Waals surface area (Å²) in [6, 6.07) is 7.43. The minimum Gasteiger partial charge on any atom is -0.418 e. The molecule has 0 spiro atoms. The number of nitrogens with one attached hydrogen (secondary N) is 3. The van der Waals surface area contributed by atoms with Crippen molar-refractivity contribution in [1.29, 1.82) is 10.8 Å². The number of carbonyl (C=O) groups is 1. The zero-order chi connectivity index (χ0) is 21.5. The summed E-state index contributed by atoms with van der Waals surface area (Å²) in [5, 5.41) is 19.9. The van der Waals surface area contributed by atoms with E-state index >= 15 is 0 Å². The van der Waals surface area contributed by atoms with E-state index in [1.165, 1.54) is 4.90 Å². The molecule has 160 valence electrons. The van der Waals surface area contributed by atoms with Crippen molar-refractivity contribution in [1.82, 2.24) is 10.2 Å². The van der Waals surface area contributed by atoms with Crippen LogP contribution in [-0.4, -0.2) is 78.5 Å². The number of benzene rings is 1. The van der Waals surface area contributed by atoms with Crippen LogP contribution in [0.3, 0.4) is 0 Å². The predicted molar refractivity (Wildman–Crippen MR) is 122 cm³/mol. The van der Waals surface area contributed by atoms with Crippen molar-refractivity contribution >= 4 is 41.4 Å². The Bertz CT molecular complexity index is 842. The summed E-state index contributed by atoms with van der Waals surface area (Å²) >= 11 is 1.79. The van der Waals surface area contributed by atoms with Crippen molar-refractivity contribution < 1.29 is 9.53 Å². The van der Waals surface area contributed by atoms with Gasteiger partial charge in [-0.1, -0.05) is 26.0 Å². The van der Waals surface area contributed by atoms with Gasteiger partial charge in [-0.3, -0.25) is 25.6 Å². The van der Waals surface area contributed by atoms with Gasteiger partial charge in [0.25, 0.3) is 5.90 Å². The lowest BCUT2D eigenvalue weighted by atomic mass is 10.1. The summed E-state index contributed by atoms with van der Waals surface area (Å²) in [4.78, 5) is 24.1. The van der Waals surface area contributed by atoms with Gasteiger partial charge in [-0.15, -0.1) is 11.8 Å². The largest absolute Gasteiger partial charge is 0.418 e. The Hall–Kier alpha value is -2.52. The molecule has 1 aromatic carbocycles. The fourth-order valence-corrected chi connectivity index (χ4v) is 4.00. The molecule has 0 aliphatic carbocycles. The SMILES string of the molecule is CC(C)Sc1ccc(C2=NC(C(=N)OC(=N)C(=O)N3CCCNCC3)CN=C2)cc1. The Labute approximate surface area is 181 Å². The smallest absolute Gasteiger partial charge is 0.309 e. The molecule has 1 unspecified atom stereocenters. The molecule has 8 nitrogen and oxygen atoms in total. The van der Waals surface area contributed by atoms with Crippen LogP contribution in [0.2, 0.25) is 0 Å². The molecule has 0 radical (unpaired) electrons. The van der Waals surface area contributed by atoms with Crippen LogP contribution in [0.5, 0.6) is 0 Å². The third kappa shape index (κ3) is 5.99. The van der Waals surface area contributed by atoms with Gasteiger partial charge in [0.05, 0.1) is 12.3 Å². The van der Waals surface area contributed by atoms with Gasteiger partial charge in [-0.05, 0) is 25.1 Å². The first-order chi connectivity index (χ1) is 14.4. The Morgan fingerprint density at radius 3 is 2.73 bits per heavy atom. The highest BCUT2D eigenvalue weighted by molar-refractivity contribution is 7.99. The first-order valence-electron chi connectivity index (χ1n) is 10.1. The second-order valence-electron chi connectivity index (χ2n) is 7.41. The van der Waals surface area contributed by atoms with Gasteiger partial charge in [-0.2, -0.15) is 0 Å². The molecule has 30 heavy (non-hydrogen) atoms. The molecule has 2 aliphatic heterocycles. The topological polar surface area (TPSA) is 114 Å². The molecule has 1 saturated heterocycles. The number of carbonyl (C=O) groups excluding carboxylic acids is 1. The highest BCUT2D eigenvalue weighted by atomic mass is 32.2. The van der Waals surface area contributed by atoms with E-state index in [0.717, 1.165) is 18.5 Å². The minimum atomic E-state index is -0.645. The summed E-state index contributed by atoms with van der Waals surface area (Å²) in [5.41, 5.74) is 1.57. The van der Waals surface area contributed by atoms with Crippen LogP contribution in [0.15, 0.2) is 39.1 Å². The van der Waals surface area contributed by atoms with Crippen LogP contribution in [0.25, 0.3) is 0 Å². The van der Waals surface area contributed by atoms with Crippen molar-refractivity contribution in [3.8, 4) is 0 Å². The first-order valence-corrected chi connectivity index (χ1v) is 11.0. The third-order valence-corrected chi connectivity index (χ3v) is 5.66. The van der Waals surface area contributed by atoms with Crippen molar-refractivity contribution in [3.05, 3.63) is 29.8 Å². The van der Waals surface area contributed by atoms with Crippen molar-refractivity contribution in [2.75, 3.05) is 32.7 Å². The number of hydrogen-bond donors (Lipinski definition) is 3. The molecule has 9 heteroatoms. The molecule has 0 aromatic heterocycles. The Balaban J connectivity index is 1.62. The average molecular weight is 429 g/mol. The van der Waals surface area contributed by atoms with E-state index in [2.05, 4.69) is 29.1 Å². The number of amides is 1. The molecule has 2 heterocycles. The zero-order valence-corrected chi connectivity index (χ0v) is 18.2. The van der Waals surface area contributed by atoms with Gasteiger partial charge in [0, 0.05) is 41.6 Å². The zero-order valence-electron chi connectivity index (χ0n) is 17.4. The van der Waals surface area contributed by atoms with Gasteiger partial charge in [0.2, 0.25) is 5.90 Å². The van der Waals surface area contributed by atoms with Crippen LogP contribution in [0.1, 0.15) is 25.8 Å². The number of hydrogen-bond acceptors (Lipinski definition) is 8.